The third kappa shape index (κ3) is 4.12. The molecule has 24 heavy (non-hydrogen) atoms. The quantitative estimate of drug-likeness (QED) is 0.517. The summed E-state index contributed by atoms with van der Waals surface area (Å²) in [6.45, 7) is 3.92. The fourth-order valence-corrected chi connectivity index (χ4v) is 2.76. The van der Waals surface area contributed by atoms with Gasteiger partial charge in [0.15, 0.2) is 0 Å². The number of carbonyl (C=O) groups excluding carboxylic acids is 1. The van der Waals surface area contributed by atoms with Crippen LogP contribution in [0, 0.1) is 11.6 Å². The average molecular weight is 368 g/mol. The predicted molar refractivity (Wildman–Crippen MR) is 81.5 cm³/mol. The second-order valence-corrected chi connectivity index (χ2v) is 7.20. The molecule has 0 aliphatic carbocycles. The number of rotatable bonds is 1. The van der Waals surface area contributed by atoms with Crippen molar-refractivity contribution < 1.29 is 27.1 Å². The van der Waals surface area contributed by atoms with Crippen molar-refractivity contribution in [3.63, 3.8) is 0 Å². The first-order chi connectivity index (χ1) is 10.9. The number of hydrogen-bond donors (Lipinski definition) is 0. The molecule has 0 N–H and O–H groups in total. The van der Waals surface area contributed by atoms with E-state index in [1.165, 1.54) is 0 Å². The van der Waals surface area contributed by atoms with Gasteiger partial charge in [-0.05, 0) is 39.3 Å². The Labute approximate surface area is 142 Å². The number of alkyl halides is 2. The van der Waals surface area contributed by atoms with Gasteiger partial charge in [0.2, 0.25) is 0 Å². The Morgan fingerprint density at radius 1 is 1.29 bits per heavy atom. The van der Waals surface area contributed by atoms with Crippen LogP contribution in [-0.4, -0.2) is 35.6 Å². The first-order valence-corrected chi connectivity index (χ1v) is 7.79. The second kappa shape index (κ2) is 6.43. The zero-order valence-corrected chi connectivity index (χ0v) is 14.3. The Morgan fingerprint density at radius 2 is 1.92 bits per heavy atom. The van der Waals surface area contributed by atoms with E-state index in [0.717, 1.165) is 4.90 Å². The van der Waals surface area contributed by atoms with Crippen LogP contribution in [0.5, 0.6) is 0 Å². The standard InChI is InChI=1S/C16H18ClF4NO2/c1-15(2,3)24-14(23)22-5-4-10(16(20,21)8-22)9-6-13(19)11(17)7-12(9)18/h6-7,10H,4-5,8H2,1-3H3. The summed E-state index contributed by atoms with van der Waals surface area (Å²) in [4.78, 5) is 12.8. The third-order valence-electron chi connectivity index (χ3n) is 3.67. The van der Waals surface area contributed by atoms with Crippen molar-refractivity contribution in [2.45, 2.75) is 44.6 Å². The Kier molecular flexibility index (Phi) is 5.04. The number of amides is 1. The summed E-state index contributed by atoms with van der Waals surface area (Å²) in [6, 6.07) is 1.38. The van der Waals surface area contributed by atoms with E-state index in [1.54, 1.807) is 20.8 Å². The van der Waals surface area contributed by atoms with E-state index in [4.69, 9.17) is 16.3 Å². The van der Waals surface area contributed by atoms with Crippen LogP contribution in [0.3, 0.4) is 0 Å². The molecule has 0 saturated carbocycles. The smallest absolute Gasteiger partial charge is 0.410 e. The number of nitrogens with zero attached hydrogens (tertiary/aromatic N) is 1. The molecule has 1 saturated heterocycles. The zero-order valence-electron chi connectivity index (χ0n) is 13.5. The van der Waals surface area contributed by atoms with Crippen LogP contribution in [-0.2, 0) is 4.74 Å². The Hall–Kier alpha value is -1.50. The molecule has 1 aliphatic heterocycles. The van der Waals surface area contributed by atoms with E-state index in [2.05, 4.69) is 0 Å². The first-order valence-electron chi connectivity index (χ1n) is 7.41. The molecule has 1 fully saturated rings. The summed E-state index contributed by atoms with van der Waals surface area (Å²) in [7, 11) is 0. The van der Waals surface area contributed by atoms with Gasteiger partial charge in [-0.15, -0.1) is 0 Å². The summed E-state index contributed by atoms with van der Waals surface area (Å²) >= 11 is 5.45. The lowest BCUT2D eigenvalue weighted by molar-refractivity contribution is -0.0856. The maximum Gasteiger partial charge on any atom is 0.410 e. The predicted octanol–water partition coefficient (Wildman–Crippen LogP) is 4.98. The number of halogens is 5. The molecule has 1 atom stereocenters. The number of likely N-dealkylation sites (tertiary alicyclic amines) is 1. The van der Waals surface area contributed by atoms with Gasteiger partial charge in [0.1, 0.15) is 17.2 Å². The summed E-state index contributed by atoms with van der Waals surface area (Å²) < 4.78 is 61.4. The fraction of sp³-hybridized carbons (Fsp3) is 0.562. The van der Waals surface area contributed by atoms with E-state index >= 15 is 0 Å². The number of carbonyl (C=O) groups is 1. The van der Waals surface area contributed by atoms with Gasteiger partial charge in [-0.1, -0.05) is 11.6 Å². The molecule has 1 unspecified atom stereocenters. The van der Waals surface area contributed by atoms with E-state index < -0.39 is 52.3 Å². The van der Waals surface area contributed by atoms with Crippen LogP contribution in [0.15, 0.2) is 12.1 Å². The highest BCUT2D eigenvalue weighted by Gasteiger charge is 2.48. The molecule has 0 bridgehead atoms. The highest BCUT2D eigenvalue weighted by atomic mass is 35.5. The van der Waals surface area contributed by atoms with Crippen LogP contribution in [0.25, 0.3) is 0 Å². The minimum Gasteiger partial charge on any atom is -0.444 e. The SMILES string of the molecule is CC(C)(C)OC(=O)N1CCC(c2cc(F)c(Cl)cc2F)C(F)(F)C1. The van der Waals surface area contributed by atoms with Crippen molar-refractivity contribution in [2.24, 2.45) is 0 Å². The fourth-order valence-electron chi connectivity index (χ4n) is 2.61. The molecule has 1 amide bonds. The monoisotopic (exact) mass is 367 g/mol. The van der Waals surface area contributed by atoms with E-state index in [-0.39, 0.29) is 13.0 Å². The van der Waals surface area contributed by atoms with Crippen LogP contribution >= 0.6 is 11.6 Å². The molecule has 1 aromatic rings. The maximum absolute atomic E-state index is 14.4. The highest BCUT2D eigenvalue weighted by molar-refractivity contribution is 6.30. The lowest BCUT2D eigenvalue weighted by Crippen LogP contribution is -2.51. The number of piperidine rings is 1. The van der Waals surface area contributed by atoms with E-state index in [9.17, 15) is 22.4 Å². The van der Waals surface area contributed by atoms with Crippen LogP contribution in [0.4, 0.5) is 22.4 Å². The lowest BCUT2D eigenvalue weighted by atomic mass is 9.86. The number of ether oxygens (including phenoxy) is 1. The second-order valence-electron chi connectivity index (χ2n) is 6.79. The topological polar surface area (TPSA) is 29.5 Å². The van der Waals surface area contributed by atoms with Gasteiger partial charge >= 0.3 is 6.09 Å². The minimum atomic E-state index is -3.42. The van der Waals surface area contributed by atoms with Gasteiger partial charge in [-0.2, -0.15) is 0 Å². The Balaban J connectivity index is 2.21. The molecule has 0 aromatic heterocycles. The van der Waals surface area contributed by atoms with Crippen molar-refractivity contribution in [3.8, 4) is 0 Å². The van der Waals surface area contributed by atoms with E-state index in [0.29, 0.717) is 12.1 Å². The van der Waals surface area contributed by atoms with Crippen molar-refractivity contribution in [1.82, 2.24) is 4.90 Å². The first kappa shape index (κ1) is 18.8. The molecular formula is C16H18ClF4NO2. The molecular weight excluding hydrogens is 350 g/mol. The molecule has 0 spiro atoms. The van der Waals surface area contributed by atoms with Gasteiger partial charge in [0.25, 0.3) is 5.92 Å². The third-order valence-corrected chi connectivity index (χ3v) is 3.96. The number of hydrogen-bond acceptors (Lipinski definition) is 2. The maximum atomic E-state index is 14.4. The average Bonchev–Trinajstić information content (AvgIpc) is 2.40. The minimum absolute atomic E-state index is 0.0428. The van der Waals surface area contributed by atoms with Gasteiger partial charge < -0.3 is 9.64 Å². The van der Waals surface area contributed by atoms with Gasteiger partial charge in [-0.3, -0.25) is 0 Å². The molecule has 8 heteroatoms. The van der Waals surface area contributed by atoms with Crippen molar-refractivity contribution in [1.29, 1.82) is 0 Å². The van der Waals surface area contributed by atoms with E-state index in [1.807, 2.05) is 0 Å². The molecule has 2 rings (SSSR count). The summed E-state index contributed by atoms with van der Waals surface area (Å²) in [5.41, 5.74) is -1.25. The van der Waals surface area contributed by atoms with Crippen LogP contribution < -0.4 is 0 Å². The van der Waals surface area contributed by atoms with Gasteiger partial charge in [0, 0.05) is 12.1 Å². The van der Waals surface area contributed by atoms with Crippen molar-refractivity contribution in [3.05, 3.63) is 34.4 Å². The molecule has 3 nitrogen and oxygen atoms in total. The van der Waals surface area contributed by atoms with Crippen LogP contribution in [0.1, 0.15) is 38.7 Å². The van der Waals surface area contributed by atoms with Crippen LogP contribution in [0.2, 0.25) is 5.02 Å². The molecule has 1 heterocycles. The number of benzene rings is 1. The summed E-state index contributed by atoms with van der Waals surface area (Å²) in [6.07, 6.45) is -1.08. The van der Waals surface area contributed by atoms with Crippen molar-refractivity contribution >= 4 is 17.7 Å². The highest BCUT2D eigenvalue weighted by Crippen LogP contribution is 2.42. The molecule has 1 aliphatic rings. The summed E-state index contributed by atoms with van der Waals surface area (Å²) in [5, 5.41) is -0.467. The Bertz CT molecular complexity index is 646. The molecule has 1 aromatic carbocycles. The van der Waals surface area contributed by atoms with Gasteiger partial charge in [-0.25, -0.2) is 22.4 Å². The lowest BCUT2D eigenvalue weighted by Gasteiger charge is -2.39. The molecule has 134 valence electrons. The normalized spacial score (nSPS) is 20.8. The largest absolute Gasteiger partial charge is 0.444 e. The zero-order chi connectivity index (χ0) is 18.3. The van der Waals surface area contributed by atoms with Crippen molar-refractivity contribution in [2.75, 3.05) is 13.1 Å². The Morgan fingerprint density at radius 3 is 2.46 bits per heavy atom. The van der Waals surface area contributed by atoms with Gasteiger partial charge in [0.05, 0.1) is 17.5 Å². The molecule has 0 radical (unpaired) electrons. The summed E-state index contributed by atoms with van der Waals surface area (Å²) in [5.74, 6) is -6.91.